The Bertz CT molecular complexity index is 661. The largest absolute Gasteiger partial charge is 0.336 e. The van der Waals surface area contributed by atoms with Crippen LogP contribution in [0.5, 0.6) is 0 Å². The minimum Gasteiger partial charge on any atom is -0.336 e. The standard InChI is InChI=1S/C12H16N4O2/c17-11-9-10(15-12(18)16-11)14-8(13-9)6-5-7-3-1-2-4-7/h7H,1-6H2,(H3,13,14,15,16,17,18). The lowest BCUT2D eigenvalue weighted by molar-refractivity contribution is 0.498. The smallest absolute Gasteiger partial charge is 0.327 e. The van der Waals surface area contributed by atoms with Crippen molar-refractivity contribution in [3.05, 3.63) is 26.7 Å². The predicted molar refractivity (Wildman–Crippen MR) is 67.6 cm³/mol. The SMILES string of the molecule is O=c1[nH]c(=O)c2[nH]c(CCC3CCCC3)nc2[nH]1. The summed E-state index contributed by atoms with van der Waals surface area (Å²) in [5.74, 6) is 1.57. The molecule has 2 heterocycles. The Morgan fingerprint density at radius 2 is 1.89 bits per heavy atom. The second-order valence-corrected chi connectivity index (χ2v) is 5.00. The van der Waals surface area contributed by atoms with E-state index in [0.717, 1.165) is 24.6 Å². The first-order valence-electron chi connectivity index (χ1n) is 6.43. The molecule has 18 heavy (non-hydrogen) atoms. The maximum atomic E-state index is 11.5. The molecule has 0 aromatic carbocycles. The Labute approximate surface area is 103 Å². The highest BCUT2D eigenvalue weighted by Gasteiger charge is 2.16. The molecular weight excluding hydrogens is 232 g/mol. The molecule has 0 unspecified atom stereocenters. The summed E-state index contributed by atoms with van der Waals surface area (Å²) in [5, 5.41) is 0. The zero-order chi connectivity index (χ0) is 12.5. The van der Waals surface area contributed by atoms with E-state index in [2.05, 4.69) is 19.9 Å². The van der Waals surface area contributed by atoms with Gasteiger partial charge in [0, 0.05) is 6.42 Å². The first-order chi connectivity index (χ1) is 8.72. The van der Waals surface area contributed by atoms with Gasteiger partial charge in [-0.15, -0.1) is 0 Å². The van der Waals surface area contributed by atoms with Gasteiger partial charge in [0.1, 0.15) is 11.3 Å². The molecule has 1 saturated carbocycles. The zero-order valence-electron chi connectivity index (χ0n) is 10.1. The Morgan fingerprint density at radius 1 is 1.11 bits per heavy atom. The third-order valence-corrected chi connectivity index (χ3v) is 3.70. The first-order valence-corrected chi connectivity index (χ1v) is 6.43. The van der Waals surface area contributed by atoms with Crippen molar-refractivity contribution >= 4 is 11.2 Å². The minimum absolute atomic E-state index is 0.352. The fourth-order valence-electron chi connectivity index (χ4n) is 2.74. The Hall–Kier alpha value is -1.85. The van der Waals surface area contributed by atoms with Gasteiger partial charge < -0.3 is 4.98 Å². The molecule has 2 aromatic heterocycles. The van der Waals surface area contributed by atoms with E-state index < -0.39 is 11.2 Å². The van der Waals surface area contributed by atoms with Crippen LogP contribution < -0.4 is 11.2 Å². The van der Waals surface area contributed by atoms with Crippen molar-refractivity contribution in [1.82, 2.24) is 19.9 Å². The lowest BCUT2D eigenvalue weighted by Crippen LogP contribution is -2.21. The lowest BCUT2D eigenvalue weighted by Gasteiger charge is -2.05. The third-order valence-electron chi connectivity index (χ3n) is 3.70. The molecule has 0 bridgehead atoms. The van der Waals surface area contributed by atoms with Gasteiger partial charge in [-0.1, -0.05) is 25.7 Å². The fourth-order valence-corrected chi connectivity index (χ4v) is 2.74. The normalized spacial score (nSPS) is 16.7. The van der Waals surface area contributed by atoms with Gasteiger partial charge in [0.05, 0.1) is 0 Å². The van der Waals surface area contributed by atoms with Crippen molar-refractivity contribution in [2.75, 3.05) is 0 Å². The average molecular weight is 248 g/mol. The summed E-state index contributed by atoms with van der Waals surface area (Å²) in [6.45, 7) is 0. The van der Waals surface area contributed by atoms with Crippen LogP contribution in [0.1, 0.15) is 37.9 Å². The van der Waals surface area contributed by atoms with E-state index >= 15 is 0 Å². The molecule has 6 nitrogen and oxygen atoms in total. The molecule has 0 spiro atoms. The Morgan fingerprint density at radius 3 is 2.67 bits per heavy atom. The van der Waals surface area contributed by atoms with Crippen LogP contribution in [-0.4, -0.2) is 19.9 Å². The second-order valence-electron chi connectivity index (χ2n) is 5.00. The van der Waals surface area contributed by atoms with Gasteiger partial charge in [0.2, 0.25) is 0 Å². The van der Waals surface area contributed by atoms with Crippen LogP contribution >= 0.6 is 0 Å². The number of aryl methyl sites for hydroxylation is 1. The summed E-state index contributed by atoms with van der Waals surface area (Å²) >= 11 is 0. The van der Waals surface area contributed by atoms with Crippen LogP contribution in [0.25, 0.3) is 11.2 Å². The zero-order valence-corrected chi connectivity index (χ0v) is 10.1. The van der Waals surface area contributed by atoms with E-state index in [0.29, 0.717) is 11.2 Å². The number of H-pyrrole nitrogens is 3. The molecule has 1 aliphatic rings. The van der Waals surface area contributed by atoms with E-state index in [-0.39, 0.29) is 0 Å². The molecule has 6 heteroatoms. The van der Waals surface area contributed by atoms with Crippen molar-refractivity contribution in [3.63, 3.8) is 0 Å². The molecule has 0 amide bonds. The van der Waals surface area contributed by atoms with Crippen LogP contribution in [0.15, 0.2) is 9.59 Å². The van der Waals surface area contributed by atoms with E-state index in [9.17, 15) is 9.59 Å². The van der Waals surface area contributed by atoms with Gasteiger partial charge in [-0.3, -0.25) is 14.8 Å². The minimum atomic E-state index is -0.513. The lowest BCUT2D eigenvalue weighted by atomic mass is 10.0. The van der Waals surface area contributed by atoms with Crippen LogP contribution in [0, 0.1) is 5.92 Å². The van der Waals surface area contributed by atoms with Crippen molar-refractivity contribution in [2.45, 2.75) is 38.5 Å². The summed E-state index contributed by atoms with van der Waals surface area (Å²) in [6, 6.07) is 0. The second kappa shape index (κ2) is 4.44. The average Bonchev–Trinajstić information content (AvgIpc) is 2.93. The van der Waals surface area contributed by atoms with Crippen LogP contribution in [0.2, 0.25) is 0 Å². The van der Waals surface area contributed by atoms with Crippen LogP contribution in [0.3, 0.4) is 0 Å². The number of fused-ring (bicyclic) bond motifs is 1. The first kappa shape index (κ1) is 11.3. The monoisotopic (exact) mass is 248 g/mol. The number of imidazole rings is 1. The topological polar surface area (TPSA) is 94.4 Å². The van der Waals surface area contributed by atoms with Crippen LogP contribution in [0.4, 0.5) is 0 Å². The highest BCUT2D eigenvalue weighted by atomic mass is 16.2. The number of nitrogens with zero attached hydrogens (tertiary/aromatic N) is 1. The number of aromatic nitrogens is 4. The summed E-state index contributed by atoms with van der Waals surface area (Å²) in [7, 11) is 0. The predicted octanol–water partition coefficient (Wildman–Crippen LogP) is 1.06. The molecule has 0 aliphatic heterocycles. The molecular formula is C12H16N4O2. The number of nitrogens with one attached hydrogen (secondary N) is 3. The van der Waals surface area contributed by atoms with Crippen molar-refractivity contribution in [1.29, 1.82) is 0 Å². The molecule has 2 aromatic rings. The Kier molecular flexibility index (Phi) is 2.77. The highest BCUT2D eigenvalue weighted by Crippen LogP contribution is 2.28. The van der Waals surface area contributed by atoms with Crippen molar-refractivity contribution < 1.29 is 0 Å². The highest BCUT2D eigenvalue weighted by molar-refractivity contribution is 5.68. The van der Waals surface area contributed by atoms with Gasteiger partial charge >= 0.3 is 5.69 Å². The molecule has 3 N–H and O–H groups in total. The summed E-state index contributed by atoms with van der Waals surface area (Å²) < 4.78 is 0. The molecule has 96 valence electrons. The number of rotatable bonds is 3. The van der Waals surface area contributed by atoms with E-state index in [1.165, 1.54) is 25.7 Å². The molecule has 0 saturated heterocycles. The molecule has 1 aliphatic carbocycles. The summed E-state index contributed by atoms with van der Waals surface area (Å²) in [5.41, 5.74) is -0.212. The number of hydrogen-bond acceptors (Lipinski definition) is 3. The molecule has 3 rings (SSSR count). The maximum Gasteiger partial charge on any atom is 0.327 e. The van der Waals surface area contributed by atoms with Gasteiger partial charge in [0.15, 0.2) is 5.65 Å². The quantitative estimate of drug-likeness (QED) is 0.758. The molecule has 0 radical (unpaired) electrons. The maximum absolute atomic E-state index is 11.5. The summed E-state index contributed by atoms with van der Waals surface area (Å²) in [6.07, 6.45) is 7.20. The van der Waals surface area contributed by atoms with E-state index in [4.69, 9.17) is 0 Å². The number of hydrogen-bond donors (Lipinski definition) is 3. The third kappa shape index (κ3) is 2.10. The van der Waals surface area contributed by atoms with Gasteiger partial charge in [-0.2, -0.15) is 0 Å². The van der Waals surface area contributed by atoms with Gasteiger partial charge in [-0.05, 0) is 12.3 Å². The molecule has 0 atom stereocenters. The molecule has 1 fully saturated rings. The van der Waals surface area contributed by atoms with Gasteiger partial charge in [0.25, 0.3) is 5.56 Å². The fraction of sp³-hybridized carbons (Fsp3) is 0.583. The number of aromatic amines is 3. The summed E-state index contributed by atoms with van der Waals surface area (Å²) in [4.78, 5) is 34.6. The van der Waals surface area contributed by atoms with Crippen molar-refractivity contribution in [2.24, 2.45) is 5.92 Å². The van der Waals surface area contributed by atoms with Crippen LogP contribution in [-0.2, 0) is 6.42 Å². The van der Waals surface area contributed by atoms with Crippen molar-refractivity contribution in [3.8, 4) is 0 Å². The van der Waals surface area contributed by atoms with E-state index in [1.807, 2.05) is 0 Å². The van der Waals surface area contributed by atoms with Gasteiger partial charge in [-0.25, -0.2) is 9.78 Å². The van der Waals surface area contributed by atoms with E-state index in [1.54, 1.807) is 0 Å². The Balaban J connectivity index is 1.82.